The monoisotopic (exact) mass is 277 g/mol. The third kappa shape index (κ3) is 3.29. The lowest BCUT2D eigenvalue weighted by Gasteiger charge is -2.06. The lowest BCUT2D eigenvalue weighted by molar-refractivity contribution is 0.0698. The maximum absolute atomic E-state index is 11.7. The van der Waals surface area contributed by atoms with E-state index in [4.69, 9.17) is 5.11 Å². The molecule has 0 aromatic carbocycles. The molecule has 2 aromatic rings. The number of carbonyl (C=O) groups excluding carboxylic acids is 1. The number of carboxylic acid groups (broad SMARTS) is 1. The van der Waals surface area contributed by atoms with Crippen molar-refractivity contribution in [2.45, 2.75) is 6.92 Å². The van der Waals surface area contributed by atoms with Crippen LogP contribution in [0.5, 0.6) is 0 Å². The van der Waals surface area contributed by atoms with Gasteiger partial charge in [-0.2, -0.15) is 0 Å². The van der Waals surface area contributed by atoms with Gasteiger partial charge in [0.05, 0.1) is 17.4 Å². The van der Waals surface area contributed by atoms with Crippen LogP contribution >= 0.6 is 11.3 Å². The molecule has 0 aliphatic carbocycles. The molecule has 0 spiro atoms. The van der Waals surface area contributed by atoms with E-state index in [1.807, 2.05) is 6.92 Å². The van der Waals surface area contributed by atoms with E-state index in [1.165, 1.54) is 12.3 Å². The van der Waals surface area contributed by atoms with Gasteiger partial charge >= 0.3 is 12.0 Å². The minimum Gasteiger partial charge on any atom is -0.478 e. The molecule has 3 N–H and O–H groups in total. The van der Waals surface area contributed by atoms with Gasteiger partial charge in [-0.05, 0) is 30.5 Å². The topological polar surface area (TPSA) is 91.3 Å². The number of hydrogen-bond donors (Lipinski definition) is 3. The summed E-state index contributed by atoms with van der Waals surface area (Å²) in [4.78, 5) is 26.6. The Hall–Kier alpha value is -2.41. The summed E-state index contributed by atoms with van der Waals surface area (Å²) >= 11 is 1.15. The predicted molar refractivity (Wildman–Crippen MR) is 72.9 cm³/mol. The summed E-state index contributed by atoms with van der Waals surface area (Å²) in [6.45, 7) is 1.84. The van der Waals surface area contributed by atoms with E-state index in [2.05, 4.69) is 15.6 Å². The van der Waals surface area contributed by atoms with E-state index < -0.39 is 12.0 Å². The Bertz CT molecular complexity index is 607. The summed E-state index contributed by atoms with van der Waals surface area (Å²) in [5.74, 6) is -1.08. The van der Waals surface area contributed by atoms with Crippen molar-refractivity contribution in [3.8, 4) is 0 Å². The number of pyridine rings is 1. The molecule has 6 nitrogen and oxygen atoms in total. The Morgan fingerprint density at radius 2 is 2.05 bits per heavy atom. The van der Waals surface area contributed by atoms with Gasteiger partial charge in [-0.15, -0.1) is 11.3 Å². The van der Waals surface area contributed by atoms with Crippen molar-refractivity contribution in [3.63, 3.8) is 0 Å². The number of anilines is 2. The van der Waals surface area contributed by atoms with Gasteiger partial charge in [-0.1, -0.05) is 0 Å². The summed E-state index contributed by atoms with van der Waals surface area (Å²) in [7, 11) is 0. The summed E-state index contributed by atoms with van der Waals surface area (Å²) in [6.07, 6.45) is 1.53. The van der Waals surface area contributed by atoms with Crippen molar-refractivity contribution in [1.29, 1.82) is 0 Å². The van der Waals surface area contributed by atoms with Crippen LogP contribution in [0.15, 0.2) is 29.8 Å². The zero-order chi connectivity index (χ0) is 13.8. The van der Waals surface area contributed by atoms with Gasteiger partial charge in [0, 0.05) is 5.69 Å². The van der Waals surface area contributed by atoms with Crippen LogP contribution in [0.4, 0.5) is 15.5 Å². The smallest absolute Gasteiger partial charge is 0.338 e. The SMILES string of the molecule is Cc1ccc(NC(=O)Nc2sccc2C(=O)O)cn1. The largest absolute Gasteiger partial charge is 0.478 e. The first-order valence-corrected chi connectivity index (χ1v) is 6.25. The summed E-state index contributed by atoms with van der Waals surface area (Å²) in [5, 5.41) is 15.9. The van der Waals surface area contributed by atoms with Crippen molar-refractivity contribution in [1.82, 2.24) is 4.98 Å². The number of urea groups is 1. The van der Waals surface area contributed by atoms with Gasteiger partial charge in [0.15, 0.2) is 0 Å². The molecule has 0 saturated carbocycles. The minimum absolute atomic E-state index is 0.0715. The maximum Gasteiger partial charge on any atom is 0.338 e. The molecule has 0 aliphatic heterocycles. The van der Waals surface area contributed by atoms with E-state index in [0.717, 1.165) is 17.0 Å². The Balaban J connectivity index is 2.03. The highest BCUT2D eigenvalue weighted by Gasteiger charge is 2.13. The molecule has 7 heteroatoms. The normalized spacial score (nSPS) is 9.95. The molecule has 0 radical (unpaired) electrons. The number of carboxylic acids is 1. The zero-order valence-electron chi connectivity index (χ0n) is 10.0. The lowest BCUT2D eigenvalue weighted by atomic mass is 10.3. The number of aromatic carboxylic acids is 1. The fraction of sp³-hybridized carbons (Fsp3) is 0.0833. The van der Waals surface area contributed by atoms with Crippen LogP contribution in [-0.4, -0.2) is 22.1 Å². The standard InChI is InChI=1S/C12H11N3O3S/c1-7-2-3-8(6-13-7)14-12(18)15-10-9(11(16)17)4-5-19-10/h2-6H,1H3,(H,16,17)(H2,14,15,18). The average Bonchev–Trinajstić information content (AvgIpc) is 2.80. The lowest BCUT2D eigenvalue weighted by Crippen LogP contribution is -2.20. The molecule has 0 unspecified atom stereocenters. The average molecular weight is 277 g/mol. The first-order valence-electron chi connectivity index (χ1n) is 5.37. The third-order valence-electron chi connectivity index (χ3n) is 2.29. The fourth-order valence-corrected chi connectivity index (χ4v) is 2.16. The number of amides is 2. The van der Waals surface area contributed by atoms with Crippen LogP contribution in [0.25, 0.3) is 0 Å². The zero-order valence-corrected chi connectivity index (χ0v) is 10.8. The number of nitrogens with one attached hydrogen (secondary N) is 2. The Morgan fingerprint density at radius 1 is 1.26 bits per heavy atom. The number of rotatable bonds is 3. The van der Waals surface area contributed by atoms with Gasteiger partial charge in [0.2, 0.25) is 0 Å². The van der Waals surface area contributed by atoms with E-state index in [-0.39, 0.29) is 5.56 Å². The number of aryl methyl sites for hydroxylation is 1. The van der Waals surface area contributed by atoms with Crippen LogP contribution in [-0.2, 0) is 0 Å². The Kier molecular flexibility index (Phi) is 3.76. The van der Waals surface area contributed by atoms with Crippen LogP contribution in [0, 0.1) is 6.92 Å². The van der Waals surface area contributed by atoms with E-state index in [9.17, 15) is 9.59 Å². The highest BCUT2D eigenvalue weighted by Crippen LogP contribution is 2.23. The molecule has 0 bridgehead atoms. The van der Waals surface area contributed by atoms with Crippen molar-refractivity contribution < 1.29 is 14.7 Å². The maximum atomic E-state index is 11.7. The molecule has 0 fully saturated rings. The van der Waals surface area contributed by atoms with Crippen molar-refractivity contribution in [3.05, 3.63) is 41.0 Å². The molecule has 19 heavy (non-hydrogen) atoms. The van der Waals surface area contributed by atoms with Gasteiger partial charge < -0.3 is 10.4 Å². The van der Waals surface area contributed by atoms with Gasteiger partial charge in [0.25, 0.3) is 0 Å². The number of thiophene rings is 1. The predicted octanol–water partition coefficient (Wildman–Crippen LogP) is 2.79. The Morgan fingerprint density at radius 3 is 2.68 bits per heavy atom. The van der Waals surface area contributed by atoms with E-state index >= 15 is 0 Å². The molecular weight excluding hydrogens is 266 g/mol. The van der Waals surface area contributed by atoms with Crippen LogP contribution in [0.1, 0.15) is 16.1 Å². The van der Waals surface area contributed by atoms with Crippen LogP contribution in [0.2, 0.25) is 0 Å². The van der Waals surface area contributed by atoms with Gasteiger partial charge in [-0.25, -0.2) is 9.59 Å². The quantitative estimate of drug-likeness (QED) is 0.804. The molecule has 2 aromatic heterocycles. The van der Waals surface area contributed by atoms with Crippen molar-refractivity contribution >= 4 is 34.0 Å². The summed E-state index contributed by atoms with van der Waals surface area (Å²) < 4.78 is 0. The van der Waals surface area contributed by atoms with E-state index in [0.29, 0.717) is 10.7 Å². The first-order chi connectivity index (χ1) is 9.06. The van der Waals surface area contributed by atoms with E-state index in [1.54, 1.807) is 17.5 Å². The molecule has 2 amide bonds. The molecule has 98 valence electrons. The minimum atomic E-state index is -1.08. The van der Waals surface area contributed by atoms with Crippen molar-refractivity contribution in [2.24, 2.45) is 0 Å². The number of aromatic nitrogens is 1. The molecule has 2 heterocycles. The highest BCUT2D eigenvalue weighted by atomic mass is 32.1. The fourth-order valence-electron chi connectivity index (χ4n) is 1.38. The summed E-state index contributed by atoms with van der Waals surface area (Å²) in [5.41, 5.74) is 1.45. The van der Waals surface area contributed by atoms with Gasteiger partial charge in [-0.3, -0.25) is 10.3 Å². The third-order valence-corrected chi connectivity index (χ3v) is 3.12. The second kappa shape index (κ2) is 5.49. The molecule has 0 saturated heterocycles. The van der Waals surface area contributed by atoms with Crippen LogP contribution < -0.4 is 10.6 Å². The molecular formula is C12H11N3O3S. The summed E-state index contributed by atoms with van der Waals surface area (Å²) in [6, 6.07) is 4.42. The number of nitrogens with zero attached hydrogens (tertiary/aromatic N) is 1. The Labute approximate surface area is 113 Å². The number of carbonyl (C=O) groups is 2. The van der Waals surface area contributed by atoms with Crippen LogP contribution in [0.3, 0.4) is 0 Å². The molecule has 0 aliphatic rings. The second-order valence-corrected chi connectivity index (χ2v) is 4.65. The van der Waals surface area contributed by atoms with Gasteiger partial charge in [0.1, 0.15) is 5.00 Å². The number of hydrogen-bond acceptors (Lipinski definition) is 4. The molecule has 2 rings (SSSR count). The highest BCUT2D eigenvalue weighted by molar-refractivity contribution is 7.14. The van der Waals surface area contributed by atoms with Crippen molar-refractivity contribution in [2.75, 3.05) is 10.6 Å². The first kappa shape index (κ1) is 13.0. The second-order valence-electron chi connectivity index (χ2n) is 3.74. The molecule has 0 atom stereocenters.